The van der Waals surface area contributed by atoms with Gasteiger partial charge in [-0.2, -0.15) is 0 Å². The Morgan fingerprint density at radius 2 is 1.94 bits per heavy atom. The first-order valence-corrected chi connectivity index (χ1v) is 13.3. The summed E-state index contributed by atoms with van der Waals surface area (Å²) in [5.74, 6) is -0.400. The molecule has 0 radical (unpaired) electrons. The second-order valence-electron chi connectivity index (χ2n) is 8.42. The third-order valence-corrected chi connectivity index (χ3v) is 7.47. The molecular weight excluding hydrogens is 483 g/mol. The molecule has 0 unspecified atom stereocenters. The van der Waals surface area contributed by atoms with Gasteiger partial charge >= 0.3 is 13.3 Å². The minimum absolute atomic E-state index is 0.0274. The molecule has 200 valence electrons. The van der Waals surface area contributed by atoms with Gasteiger partial charge in [0.1, 0.15) is 18.8 Å². The Bertz CT molecular complexity index is 986. The van der Waals surface area contributed by atoms with Crippen LogP contribution in [-0.4, -0.2) is 96.9 Å². The van der Waals surface area contributed by atoms with Crippen LogP contribution in [0.1, 0.15) is 32.1 Å². The fourth-order valence-electron chi connectivity index (χ4n) is 3.62. The molecule has 2 rings (SSSR count). The Morgan fingerprint density at radius 1 is 1.29 bits per heavy atom. The van der Waals surface area contributed by atoms with Gasteiger partial charge < -0.3 is 33.8 Å². The molecule has 1 amide bonds. The summed E-state index contributed by atoms with van der Waals surface area (Å²) in [5.41, 5.74) is -1.05. The number of aromatic amines is 1. The van der Waals surface area contributed by atoms with E-state index in [-0.39, 0.29) is 38.0 Å². The number of aromatic nitrogens is 2. The molecule has 0 saturated carbocycles. The van der Waals surface area contributed by atoms with E-state index in [0.29, 0.717) is 13.1 Å². The smallest absolute Gasteiger partial charge is 0.330 e. The summed E-state index contributed by atoms with van der Waals surface area (Å²) in [6.45, 7) is 5.96. The van der Waals surface area contributed by atoms with E-state index in [2.05, 4.69) is 10.3 Å². The number of carbonyl (C=O) groups is 1. The Morgan fingerprint density at radius 3 is 2.54 bits per heavy atom. The average Bonchev–Trinajstić information content (AvgIpc) is 3.08. The van der Waals surface area contributed by atoms with Crippen molar-refractivity contribution in [1.29, 1.82) is 0 Å². The number of carbonyl (C=O) groups excluding carboxylic acids is 1. The number of ether oxygens (including phenoxy) is 2. The fraction of sp³-hybridized carbons (Fsp3) is 0.762. The number of aliphatic hydroxyl groups excluding tert-OH is 1. The van der Waals surface area contributed by atoms with Crippen molar-refractivity contribution in [2.24, 2.45) is 0 Å². The maximum absolute atomic E-state index is 12.8. The summed E-state index contributed by atoms with van der Waals surface area (Å²) in [6.07, 6.45) is -3.03. The Labute approximate surface area is 204 Å². The topological polar surface area (TPSA) is 161 Å². The van der Waals surface area contributed by atoms with Gasteiger partial charge in [0.2, 0.25) is 5.91 Å². The van der Waals surface area contributed by atoms with E-state index < -0.39 is 49.3 Å². The van der Waals surface area contributed by atoms with E-state index in [9.17, 15) is 24.1 Å². The molecule has 1 aromatic heterocycles. The fourth-order valence-corrected chi connectivity index (χ4v) is 5.31. The van der Waals surface area contributed by atoms with Crippen molar-refractivity contribution in [2.45, 2.75) is 51.7 Å². The second kappa shape index (κ2) is 13.4. The molecule has 3 N–H and O–H groups in total. The van der Waals surface area contributed by atoms with Gasteiger partial charge in [0.05, 0.1) is 25.5 Å². The highest BCUT2D eigenvalue weighted by molar-refractivity contribution is 7.53. The Kier molecular flexibility index (Phi) is 11.3. The summed E-state index contributed by atoms with van der Waals surface area (Å²) >= 11 is 0. The molecular formula is C21H37N4O9P. The lowest BCUT2D eigenvalue weighted by molar-refractivity contribution is -0.133. The maximum atomic E-state index is 12.8. The lowest BCUT2D eigenvalue weighted by atomic mass is 10.1. The largest absolute Gasteiger partial charge is 0.388 e. The number of nitrogens with one attached hydrogen (secondary N) is 2. The highest BCUT2D eigenvalue weighted by atomic mass is 31.2. The van der Waals surface area contributed by atoms with Crippen LogP contribution in [0.25, 0.3) is 0 Å². The molecule has 1 aromatic rings. The quantitative estimate of drug-likeness (QED) is 0.281. The SMILES string of the molecule is CCOP(=O)(CC[C@H]1O[C@@H](n2cc(C)c(=O)[nH]c2=O)[C@H](OCC(=O)NCCN(C)C)[C@@H]1O)OCC. The third-order valence-electron chi connectivity index (χ3n) is 5.36. The second-order valence-corrected chi connectivity index (χ2v) is 10.6. The van der Waals surface area contributed by atoms with E-state index in [1.165, 1.54) is 13.1 Å². The summed E-state index contributed by atoms with van der Waals surface area (Å²) in [5, 5.41) is 13.7. The van der Waals surface area contributed by atoms with Crippen LogP contribution in [0, 0.1) is 6.92 Å². The summed E-state index contributed by atoms with van der Waals surface area (Å²) in [6, 6.07) is 0. The number of rotatable bonds is 14. The van der Waals surface area contributed by atoms with Crippen LogP contribution in [0.5, 0.6) is 0 Å². The average molecular weight is 521 g/mol. The predicted octanol–water partition coefficient (Wildman–Crippen LogP) is -0.177. The number of aryl methyl sites for hydroxylation is 1. The van der Waals surface area contributed by atoms with Gasteiger partial charge in [-0.25, -0.2) is 4.79 Å². The van der Waals surface area contributed by atoms with Crippen LogP contribution < -0.4 is 16.6 Å². The standard InChI is InChI=1S/C21H37N4O9P/c1-6-32-35(30,33-7-2)11-8-15-17(27)18(31-13-16(26)22-9-10-24(4)5)20(34-15)25-12-14(3)19(28)23-21(25)29/h12,15,17-18,20,27H,6-11,13H2,1-5H3,(H,22,26)(H,23,28,29)/t15-,17-,18-,20-/m1/s1. The third kappa shape index (κ3) is 8.35. The van der Waals surface area contributed by atoms with Crippen molar-refractivity contribution in [2.75, 3.05) is 53.2 Å². The normalized spacial score (nSPS) is 22.6. The van der Waals surface area contributed by atoms with Crippen molar-refractivity contribution in [3.63, 3.8) is 0 Å². The zero-order valence-corrected chi connectivity index (χ0v) is 21.8. The van der Waals surface area contributed by atoms with Crippen LogP contribution in [0.4, 0.5) is 0 Å². The molecule has 2 heterocycles. The predicted molar refractivity (Wildman–Crippen MR) is 128 cm³/mol. The molecule has 1 saturated heterocycles. The molecule has 0 bridgehead atoms. The highest BCUT2D eigenvalue weighted by Crippen LogP contribution is 2.49. The van der Waals surface area contributed by atoms with Gasteiger partial charge in [-0.15, -0.1) is 0 Å². The monoisotopic (exact) mass is 520 g/mol. The molecule has 0 aromatic carbocycles. The van der Waals surface area contributed by atoms with Crippen LogP contribution in [-0.2, 0) is 27.9 Å². The summed E-state index contributed by atoms with van der Waals surface area (Å²) in [4.78, 5) is 40.6. The van der Waals surface area contributed by atoms with Gasteiger partial charge in [-0.3, -0.25) is 23.7 Å². The van der Waals surface area contributed by atoms with E-state index in [1.807, 2.05) is 19.0 Å². The van der Waals surface area contributed by atoms with Gasteiger partial charge in [0, 0.05) is 24.8 Å². The lowest BCUT2D eigenvalue weighted by Crippen LogP contribution is -2.42. The van der Waals surface area contributed by atoms with Gasteiger partial charge in [-0.1, -0.05) is 0 Å². The number of H-pyrrole nitrogens is 1. The van der Waals surface area contributed by atoms with E-state index in [0.717, 1.165) is 4.57 Å². The molecule has 35 heavy (non-hydrogen) atoms. The van der Waals surface area contributed by atoms with Crippen molar-refractivity contribution in [1.82, 2.24) is 19.8 Å². The Balaban J connectivity index is 2.20. The molecule has 0 spiro atoms. The number of hydrogen-bond donors (Lipinski definition) is 3. The first kappa shape index (κ1) is 29.4. The van der Waals surface area contributed by atoms with Gasteiger partial charge in [-0.05, 0) is 41.3 Å². The van der Waals surface area contributed by atoms with E-state index in [4.69, 9.17) is 18.5 Å². The van der Waals surface area contributed by atoms with Crippen molar-refractivity contribution in [3.8, 4) is 0 Å². The first-order chi connectivity index (χ1) is 16.5. The number of amides is 1. The van der Waals surface area contributed by atoms with E-state index in [1.54, 1.807) is 13.8 Å². The summed E-state index contributed by atoms with van der Waals surface area (Å²) in [7, 11) is 0.347. The maximum Gasteiger partial charge on any atom is 0.330 e. The zero-order chi connectivity index (χ0) is 26.2. The van der Waals surface area contributed by atoms with Crippen LogP contribution in [0.3, 0.4) is 0 Å². The van der Waals surface area contributed by atoms with Crippen LogP contribution in [0.15, 0.2) is 15.8 Å². The van der Waals surface area contributed by atoms with Crippen LogP contribution >= 0.6 is 7.60 Å². The molecule has 0 aliphatic carbocycles. The van der Waals surface area contributed by atoms with Crippen molar-refractivity contribution in [3.05, 3.63) is 32.6 Å². The lowest BCUT2D eigenvalue weighted by Gasteiger charge is -2.22. The Hall–Kier alpha value is -1.86. The van der Waals surface area contributed by atoms with Gasteiger partial charge in [0.25, 0.3) is 5.56 Å². The molecule has 1 aliphatic heterocycles. The molecule has 14 heteroatoms. The summed E-state index contributed by atoms with van der Waals surface area (Å²) < 4.78 is 36.2. The number of nitrogens with zero attached hydrogens (tertiary/aromatic N) is 2. The van der Waals surface area contributed by atoms with Crippen molar-refractivity contribution >= 4 is 13.5 Å². The van der Waals surface area contributed by atoms with E-state index >= 15 is 0 Å². The number of aliphatic hydroxyl groups is 1. The number of hydrogen-bond acceptors (Lipinski definition) is 10. The van der Waals surface area contributed by atoms with Crippen LogP contribution in [0.2, 0.25) is 0 Å². The van der Waals surface area contributed by atoms with Gasteiger partial charge in [0.15, 0.2) is 6.23 Å². The molecule has 1 fully saturated rings. The first-order valence-electron chi connectivity index (χ1n) is 11.6. The molecule has 4 atom stereocenters. The van der Waals surface area contributed by atoms with Crippen molar-refractivity contribution < 1.29 is 33.0 Å². The zero-order valence-electron chi connectivity index (χ0n) is 20.9. The minimum atomic E-state index is -3.40. The minimum Gasteiger partial charge on any atom is -0.388 e. The highest BCUT2D eigenvalue weighted by Gasteiger charge is 2.47. The molecule has 13 nitrogen and oxygen atoms in total. The number of likely N-dealkylation sites (N-methyl/N-ethyl adjacent to an activating group) is 1. The molecule has 1 aliphatic rings.